The Balaban J connectivity index is 2.16. The summed E-state index contributed by atoms with van der Waals surface area (Å²) in [6, 6.07) is 4.84. The van der Waals surface area contributed by atoms with Crippen molar-refractivity contribution in [1.29, 1.82) is 0 Å². The average Bonchev–Trinajstić information content (AvgIpc) is 2.58. The van der Waals surface area contributed by atoms with Gasteiger partial charge in [0.25, 0.3) is 5.91 Å². The van der Waals surface area contributed by atoms with Crippen molar-refractivity contribution in [3.05, 3.63) is 35.4 Å². The Morgan fingerprint density at radius 2 is 1.64 bits per heavy atom. The molecule has 0 saturated heterocycles. The normalized spacial score (nSPS) is 10.6. The zero-order valence-corrected chi connectivity index (χ0v) is 13.3. The Bertz CT molecular complexity index is 810. The summed E-state index contributed by atoms with van der Waals surface area (Å²) in [6.07, 6.45) is 1.25. The molecule has 0 fully saturated rings. The van der Waals surface area contributed by atoms with Gasteiger partial charge in [-0.3, -0.25) is 4.79 Å². The standard InChI is InChI=1S/C16H16N2O7/c1-24-13-4-8(3-12(21)15(13)25-2)7-17-18-16(23)9-5-10(19)14(22)11(20)6-9/h3-7,19-22H,1-2H3,(H,18,23)/b17-7+. The molecule has 0 heterocycles. The molecule has 2 aromatic carbocycles. The lowest BCUT2D eigenvalue weighted by atomic mass is 10.2. The number of phenolic OH excluding ortho intramolecular Hbond substituents is 4. The maximum Gasteiger partial charge on any atom is 0.271 e. The Kier molecular flexibility index (Phi) is 5.18. The third-order valence-electron chi connectivity index (χ3n) is 3.19. The van der Waals surface area contributed by atoms with Gasteiger partial charge in [-0.05, 0) is 24.3 Å². The van der Waals surface area contributed by atoms with E-state index in [9.17, 15) is 25.2 Å². The van der Waals surface area contributed by atoms with E-state index in [1.165, 1.54) is 32.6 Å². The molecule has 5 N–H and O–H groups in total. The van der Waals surface area contributed by atoms with Gasteiger partial charge in [0, 0.05) is 11.1 Å². The van der Waals surface area contributed by atoms with Crippen LogP contribution in [0.4, 0.5) is 0 Å². The number of ether oxygens (including phenoxy) is 2. The first-order valence-corrected chi connectivity index (χ1v) is 6.90. The van der Waals surface area contributed by atoms with E-state index >= 15 is 0 Å². The molecule has 2 rings (SSSR count). The fraction of sp³-hybridized carbons (Fsp3) is 0.125. The van der Waals surface area contributed by atoms with Gasteiger partial charge >= 0.3 is 0 Å². The molecular weight excluding hydrogens is 332 g/mol. The SMILES string of the molecule is COc1cc(/C=N/NC(=O)c2cc(O)c(O)c(O)c2)cc(O)c1OC. The predicted molar refractivity (Wildman–Crippen MR) is 87.7 cm³/mol. The summed E-state index contributed by atoms with van der Waals surface area (Å²) in [7, 11) is 2.79. The smallest absolute Gasteiger partial charge is 0.271 e. The minimum absolute atomic E-state index is 0.111. The van der Waals surface area contributed by atoms with Crippen LogP contribution in [0.15, 0.2) is 29.4 Å². The Morgan fingerprint density at radius 1 is 1.00 bits per heavy atom. The number of methoxy groups -OCH3 is 2. The molecule has 25 heavy (non-hydrogen) atoms. The Hall–Kier alpha value is -3.62. The van der Waals surface area contributed by atoms with Crippen LogP contribution in [0.3, 0.4) is 0 Å². The highest BCUT2D eigenvalue weighted by atomic mass is 16.5. The minimum atomic E-state index is -0.730. The summed E-state index contributed by atoms with van der Waals surface area (Å²) < 4.78 is 10.1. The van der Waals surface area contributed by atoms with E-state index in [4.69, 9.17) is 9.47 Å². The van der Waals surface area contributed by atoms with E-state index in [0.29, 0.717) is 5.56 Å². The summed E-state index contributed by atoms with van der Waals surface area (Å²) >= 11 is 0. The number of benzene rings is 2. The van der Waals surface area contributed by atoms with Crippen molar-refractivity contribution in [2.24, 2.45) is 5.10 Å². The molecule has 1 amide bonds. The predicted octanol–water partition coefficient (Wildman–Crippen LogP) is 1.29. The van der Waals surface area contributed by atoms with E-state index in [-0.39, 0.29) is 22.8 Å². The quantitative estimate of drug-likeness (QED) is 0.311. The third kappa shape index (κ3) is 3.83. The van der Waals surface area contributed by atoms with Crippen LogP contribution in [0.25, 0.3) is 0 Å². The van der Waals surface area contributed by atoms with Crippen molar-refractivity contribution < 1.29 is 34.7 Å². The van der Waals surface area contributed by atoms with Gasteiger partial charge in [-0.15, -0.1) is 0 Å². The van der Waals surface area contributed by atoms with Gasteiger partial charge in [-0.1, -0.05) is 0 Å². The molecule has 0 saturated carbocycles. The van der Waals surface area contributed by atoms with Crippen LogP contribution in [0.5, 0.6) is 34.5 Å². The first-order chi connectivity index (χ1) is 11.9. The zero-order valence-electron chi connectivity index (χ0n) is 13.3. The topological polar surface area (TPSA) is 141 Å². The molecule has 0 bridgehead atoms. The summed E-state index contributed by atoms with van der Waals surface area (Å²) in [4.78, 5) is 11.9. The van der Waals surface area contributed by atoms with Crippen molar-refractivity contribution in [2.45, 2.75) is 0 Å². The number of nitrogens with one attached hydrogen (secondary N) is 1. The number of aromatic hydroxyl groups is 4. The molecule has 0 aromatic heterocycles. The van der Waals surface area contributed by atoms with Crippen molar-refractivity contribution >= 4 is 12.1 Å². The molecule has 2 aromatic rings. The van der Waals surface area contributed by atoms with Crippen molar-refractivity contribution in [1.82, 2.24) is 5.43 Å². The van der Waals surface area contributed by atoms with Gasteiger partial charge in [-0.25, -0.2) is 5.43 Å². The van der Waals surface area contributed by atoms with Gasteiger partial charge in [0.15, 0.2) is 28.7 Å². The number of amides is 1. The van der Waals surface area contributed by atoms with Crippen LogP contribution in [0.1, 0.15) is 15.9 Å². The number of nitrogens with zero attached hydrogens (tertiary/aromatic N) is 1. The van der Waals surface area contributed by atoms with Crippen molar-refractivity contribution in [3.63, 3.8) is 0 Å². The highest BCUT2D eigenvalue weighted by Crippen LogP contribution is 2.37. The number of hydrazone groups is 1. The maximum atomic E-state index is 11.9. The second-order valence-corrected chi connectivity index (χ2v) is 4.84. The van der Waals surface area contributed by atoms with Crippen molar-refractivity contribution in [2.75, 3.05) is 14.2 Å². The number of phenols is 4. The van der Waals surface area contributed by atoms with Crippen LogP contribution in [0.2, 0.25) is 0 Å². The molecule has 132 valence electrons. The van der Waals surface area contributed by atoms with Crippen LogP contribution in [-0.2, 0) is 0 Å². The number of carbonyl (C=O) groups is 1. The van der Waals surface area contributed by atoms with E-state index in [0.717, 1.165) is 12.1 Å². The molecule has 0 aliphatic heterocycles. The van der Waals surface area contributed by atoms with Gasteiger partial charge in [0.2, 0.25) is 5.75 Å². The molecular formula is C16H16N2O7. The van der Waals surface area contributed by atoms with Crippen LogP contribution < -0.4 is 14.9 Å². The van der Waals surface area contributed by atoms with Crippen LogP contribution in [-0.4, -0.2) is 46.8 Å². The highest BCUT2D eigenvalue weighted by molar-refractivity contribution is 5.96. The van der Waals surface area contributed by atoms with E-state index in [1.807, 2.05) is 0 Å². The maximum absolute atomic E-state index is 11.9. The summed E-state index contributed by atoms with van der Waals surface area (Å²) in [6.45, 7) is 0. The molecule has 0 unspecified atom stereocenters. The number of hydrogen-bond donors (Lipinski definition) is 5. The van der Waals surface area contributed by atoms with Crippen molar-refractivity contribution in [3.8, 4) is 34.5 Å². The van der Waals surface area contributed by atoms with E-state index in [1.54, 1.807) is 0 Å². The van der Waals surface area contributed by atoms with Gasteiger partial charge in [0.05, 0.1) is 20.4 Å². The van der Waals surface area contributed by atoms with Gasteiger partial charge in [0.1, 0.15) is 0 Å². The molecule has 0 aliphatic carbocycles. The molecule has 0 atom stereocenters. The fourth-order valence-electron chi connectivity index (χ4n) is 2.00. The third-order valence-corrected chi connectivity index (χ3v) is 3.19. The lowest BCUT2D eigenvalue weighted by molar-refractivity contribution is 0.0954. The lowest BCUT2D eigenvalue weighted by Gasteiger charge is -2.09. The minimum Gasteiger partial charge on any atom is -0.504 e. The van der Waals surface area contributed by atoms with E-state index < -0.39 is 23.2 Å². The number of rotatable bonds is 5. The lowest BCUT2D eigenvalue weighted by Crippen LogP contribution is -2.17. The zero-order chi connectivity index (χ0) is 18.6. The molecule has 0 aliphatic rings. The van der Waals surface area contributed by atoms with Crippen LogP contribution >= 0.6 is 0 Å². The second-order valence-electron chi connectivity index (χ2n) is 4.84. The largest absolute Gasteiger partial charge is 0.504 e. The van der Waals surface area contributed by atoms with Crippen LogP contribution in [0, 0.1) is 0 Å². The molecule has 0 radical (unpaired) electrons. The Morgan fingerprint density at radius 3 is 2.20 bits per heavy atom. The summed E-state index contributed by atoms with van der Waals surface area (Å²) in [5, 5.41) is 41.6. The Labute approximate surface area is 142 Å². The number of hydrogen-bond acceptors (Lipinski definition) is 8. The highest BCUT2D eigenvalue weighted by Gasteiger charge is 2.13. The fourth-order valence-corrected chi connectivity index (χ4v) is 2.00. The average molecular weight is 348 g/mol. The van der Waals surface area contributed by atoms with Gasteiger partial charge < -0.3 is 29.9 Å². The van der Waals surface area contributed by atoms with E-state index in [2.05, 4.69) is 10.5 Å². The summed E-state index contributed by atoms with van der Waals surface area (Å²) in [5.41, 5.74) is 2.49. The second kappa shape index (κ2) is 7.30. The summed E-state index contributed by atoms with van der Waals surface area (Å²) in [5.74, 6) is -2.45. The van der Waals surface area contributed by atoms with Gasteiger partial charge in [-0.2, -0.15) is 5.10 Å². The molecule has 0 spiro atoms. The molecule has 9 heteroatoms. The number of carbonyl (C=O) groups excluding carboxylic acids is 1. The first-order valence-electron chi connectivity index (χ1n) is 6.90. The first kappa shape index (κ1) is 17.7. The molecule has 9 nitrogen and oxygen atoms in total. The monoisotopic (exact) mass is 348 g/mol.